The molecule has 21 heavy (non-hydrogen) atoms. The fraction of sp³-hybridized carbons (Fsp3) is 0.429. The van der Waals surface area contributed by atoms with Gasteiger partial charge in [-0.05, 0) is 25.8 Å². The van der Waals surface area contributed by atoms with Gasteiger partial charge in [0.05, 0.1) is 24.6 Å². The number of aromatic nitrogens is 4. The smallest absolute Gasteiger partial charge is 0.165 e. The summed E-state index contributed by atoms with van der Waals surface area (Å²) in [7, 11) is 0. The second-order valence-corrected chi connectivity index (χ2v) is 5.80. The van der Waals surface area contributed by atoms with Crippen LogP contribution >= 0.6 is 11.6 Å². The Bertz CT molecular complexity index is 825. The molecular weight excluding hydrogens is 292 g/mol. The third kappa shape index (κ3) is 1.94. The number of aryl methyl sites for hydroxylation is 1. The molecule has 0 aromatic carbocycles. The minimum absolute atomic E-state index is 0.0391. The minimum atomic E-state index is -0.149. The van der Waals surface area contributed by atoms with Gasteiger partial charge >= 0.3 is 0 Å². The molecule has 0 saturated carbocycles. The highest BCUT2D eigenvalue weighted by atomic mass is 35.5. The number of nitrogens with zero attached hydrogens (tertiary/aromatic N) is 3. The Balaban J connectivity index is 1.88. The number of fused-ring (bicyclic) bond motifs is 3. The normalized spacial score (nSPS) is 22.6. The van der Waals surface area contributed by atoms with Crippen LogP contribution in [-0.4, -0.2) is 37.3 Å². The van der Waals surface area contributed by atoms with E-state index in [0.717, 1.165) is 35.0 Å². The van der Waals surface area contributed by atoms with E-state index >= 15 is 0 Å². The highest BCUT2D eigenvalue weighted by molar-refractivity contribution is 6.35. The van der Waals surface area contributed by atoms with Crippen molar-refractivity contribution in [3.63, 3.8) is 0 Å². The summed E-state index contributed by atoms with van der Waals surface area (Å²) in [5.74, 6) is 0. The van der Waals surface area contributed by atoms with Gasteiger partial charge < -0.3 is 14.8 Å². The molecule has 1 saturated heterocycles. The van der Waals surface area contributed by atoms with Crippen molar-refractivity contribution < 1.29 is 9.84 Å². The fourth-order valence-corrected chi connectivity index (χ4v) is 3.20. The second-order valence-electron chi connectivity index (χ2n) is 5.44. The molecule has 0 spiro atoms. The first-order valence-electron chi connectivity index (χ1n) is 6.95. The number of nitrogens with one attached hydrogen (secondary N) is 1. The summed E-state index contributed by atoms with van der Waals surface area (Å²) < 4.78 is 7.70. The molecule has 1 aliphatic rings. The Labute approximate surface area is 125 Å². The molecule has 2 N–H and O–H groups in total. The molecule has 6 nitrogen and oxygen atoms in total. The number of H-pyrrole nitrogens is 1. The van der Waals surface area contributed by atoms with Crippen LogP contribution in [0.15, 0.2) is 12.4 Å². The molecule has 1 unspecified atom stereocenters. The van der Waals surface area contributed by atoms with Gasteiger partial charge in [0.15, 0.2) is 5.65 Å². The molecule has 0 bridgehead atoms. The zero-order valence-electron chi connectivity index (χ0n) is 11.5. The summed E-state index contributed by atoms with van der Waals surface area (Å²) in [4.78, 5) is 12.2. The fourth-order valence-electron chi connectivity index (χ4n) is 2.97. The summed E-state index contributed by atoms with van der Waals surface area (Å²) in [6.45, 7) is 2.02. The van der Waals surface area contributed by atoms with Crippen LogP contribution in [-0.2, 0) is 4.74 Å². The van der Waals surface area contributed by atoms with Crippen molar-refractivity contribution in [1.82, 2.24) is 19.5 Å². The van der Waals surface area contributed by atoms with E-state index in [0.29, 0.717) is 10.8 Å². The standard InChI is InChI=1S/C14H15ClN4O2/c1-7-4-9-11(17-7)12-14(18-13(9)15)19(6-16-12)10-3-2-8(5-20)21-10/h4,6,8,10,17,20H,2-3,5H2,1H3/t8?,10-/m1/s1. The molecule has 1 fully saturated rings. The average molecular weight is 307 g/mol. The highest BCUT2D eigenvalue weighted by Crippen LogP contribution is 2.33. The van der Waals surface area contributed by atoms with Gasteiger partial charge in [-0.1, -0.05) is 11.6 Å². The average Bonchev–Trinajstić information content (AvgIpc) is 3.14. The van der Waals surface area contributed by atoms with Crippen molar-refractivity contribution in [2.24, 2.45) is 0 Å². The lowest BCUT2D eigenvalue weighted by Gasteiger charge is -2.13. The number of aromatic amines is 1. The Kier molecular flexibility index (Phi) is 2.92. The number of aliphatic hydroxyl groups excluding tert-OH is 1. The van der Waals surface area contributed by atoms with Gasteiger partial charge in [0.1, 0.15) is 16.9 Å². The zero-order valence-corrected chi connectivity index (χ0v) is 12.3. The molecule has 3 aromatic heterocycles. The van der Waals surface area contributed by atoms with Crippen LogP contribution in [0.5, 0.6) is 0 Å². The highest BCUT2D eigenvalue weighted by Gasteiger charge is 2.28. The van der Waals surface area contributed by atoms with Crippen LogP contribution in [0.25, 0.3) is 22.1 Å². The molecule has 0 aliphatic carbocycles. The SMILES string of the molecule is Cc1cc2c(Cl)nc3c(ncn3[C@H]3CCC(CO)O3)c2[nH]1. The Morgan fingerprint density at radius 1 is 1.52 bits per heavy atom. The van der Waals surface area contributed by atoms with Crippen molar-refractivity contribution >= 4 is 33.7 Å². The third-order valence-corrected chi connectivity index (χ3v) is 4.27. The molecule has 110 valence electrons. The van der Waals surface area contributed by atoms with E-state index in [1.54, 1.807) is 6.33 Å². The lowest BCUT2D eigenvalue weighted by atomic mass is 10.2. The lowest BCUT2D eigenvalue weighted by molar-refractivity contribution is -0.0207. The van der Waals surface area contributed by atoms with Crippen molar-refractivity contribution in [2.75, 3.05) is 6.61 Å². The first kappa shape index (κ1) is 13.1. The van der Waals surface area contributed by atoms with Crippen LogP contribution in [0, 0.1) is 6.92 Å². The van der Waals surface area contributed by atoms with Crippen molar-refractivity contribution in [1.29, 1.82) is 0 Å². The van der Waals surface area contributed by atoms with Gasteiger partial charge in [-0.25, -0.2) is 9.97 Å². The first-order chi connectivity index (χ1) is 10.2. The summed E-state index contributed by atoms with van der Waals surface area (Å²) in [5, 5.41) is 10.5. The van der Waals surface area contributed by atoms with Crippen LogP contribution in [0.1, 0.15) is 24.8 Å². The van der Waals surface area contributed by atoms with E-state index in [1.807, 2.05) is 17.6 Å². The summed E-state index contributed by atoms with van der Waals surface area (Å²) >= 11 is 6.29. The zero-order chi connectivity index (χ0) is 14.6. The summed E-state index contributed by atoms with van der Waals surface area (Å²) in [5.41, 5.74) is 3.42. The summed E-state index contributed by atoms with van der Waals surface area (Å²) in [6.07, 6.45) is 3.13. The van der Waals surface area contributed by atoms with Gasteiger partial charge in [0, 0.05) is 11.1 Å². The number of ether oxygens (including phenoxy) is 1. The Morgan fingerprint density at radius 3 is 3.14 bits per heavy atom. The topological polar surface area (TPSA) is 76.0 Å². The van der Waals surface area contributed by atoms with E-state index in [4.69, 9.17) is 16.3 Å². The third-order valence-electron chi connectivity index (χ3n) is 3.98. The quantitative estimate of drug-likeness (QED) is 0.713. The number of pyridine rings is 1. The van der Waals surface area contributed by atoms with E-state index < -0.39 is 0 Å². The minimum Gasteiger partial charge on any atom is -0.394 e. The number of hydrogen-bond acceptors (Lipinski definition) is 4. The predicted octanol–water partition coefficient (Wildman–Crippen LogP) is 2.54. The monoisotopic (exact) mass is 306 g/mol. The molecular formula is C14H15ClN4O2. The maximum atomic E-state index is 9.19. The largest absolute Gasteiger partial charge is 0.394 e. The van der Waals surface area contributed by atoms with Crippen molar-refractivity contribution in [3.8, 4) is 0 Å². The molecule has 0 amide bonds. The van der Waals surface area contributed by atoms with Crippen LogP contribution in [0.2, 0.25) is 5.15 Å². The predicted molar refractivity (Wildman–Crippen MR) is 79.4 cm³/mol. The molecule has 2 atom stereocenters. The van der Waals surface area contributed by atoms with E-state index in [-0.39, 0.29) is 18.9 Å². The molecule has 4 rings (SSSR count). The second kappa shape index (κ2) is 4.69. The van der Waals surface area contributed by atoms with E-state index in [9.17, 15) is 5.11 Å². The first-order valence-corrected chi connectivity index (χ1v) is 7.33. The maximum Gasteiger partial charge on any atom is 0.165 e. The van der Waals surface area contributed by atoms with Crippen LogP contribution < -0.4 is 0 Å². The lowest BCUT2D eigenvalue weighted by Crippen LogP contribution is -2.14. The van der Waals surface area contributed by atoms with E-state index in [1.165, 1.54) is 0 Å². The van der Waals surface area contributed by atoms with Crippen molar-refractivity contribution in [3.05, 3.63) is 23.2 Å². The van der Waals surface area contributed by atoms with Gasteiger partial charge in [-0.2, -0.15) is 0 Å². The molecule has 0 radical (unpaired) electrons. The van der Waals surface area contributed by atoms with Crippen LogP contribution in [0.4, 0.5) is 0 Å². The number of hydrogen-bond donors (Lipinski definition) is 2. The molecule has 4 heterocycles. The molecule has 1 aliphatic heterocycles. The Morgan fingerprint density at radius 2 is 2.38 bits per heavy atom. The van der Waals surface area contributed by atoms with Crippen LogP contribution in [0.3, 0.4) is 0 Å². The van der Waals surface area contributed by atoms with Gasteiger partial charge in [-0.3, -0.25) is 4.57 Å². The maximum absolute atomic E-state index is 9.19. The summed E-state index contributed by atoms with van der Waals surface area (Å²) in [6, 6.07) is 1.97. The number of rotatable bonds is 2. The molecule has 3 aromatic rings. The van der Waals surface area contributed by atoms with Gasteiger partial charge in [0.25, 0.3) is 0 Å². The van der Waals surface area contributed by atoms with Gasteiger partial charge in [0.2, 0.25) is 0 Å². The number of aliphatic hydroxyl groups is 1. The number of halogens is 1. The Hall–Kier alpha value is -1.63. The van der Waals surface area contributed by atoms with Gasteiger partial charge in [-0.15, -0.1) is 0 Å². The number of imidazole rings is 1. The van der Waals surface area contributed by atoms with E-state index in [2.05, 4.69) is 15.0 Å². The van der Waals surface area contributed by atoms with Crippen molar-refractivity contribution in [2.45, 2.75) is 32.1 Å². The molecule has 7 heteroatoms.